The summed E-state index contributed by atoms with van der Waals surface area (Å²) in [6.07, 6.45) is 3.73. The van der Waals surface area contributed by atoms with Gasteiger partial charge < -0.3 is 15.2 Å². The molecule has 1 saturated carbocycles. The van der Waals surface area contributed by atoms with Crippen LogP contribution in [0.1, 0.15) is 30.4 Å². The van der Waals surface area contributed by atoms with Gasteiger partial charge in [-0.1, -0.05) is 24.6 Å². The lowest BCUT2D eigenvalue weighted by atomic mass is 9.80. The van der Waals surface area contributed by atoms with E-state index < -0.39 is 35.0 Å². The number of primary amides is 1. The maximum atomic E-state index is 13.7. The van der Waals surface area contributed by atoms with E-state index in [4.69, 9.17) is 21.6 Å². The van der Waals surface area contributed by atoms with Crippen LogP contribution in [-0.4, -0.2) is 41.4 Å². The zero-order valence-electron chi connectivity index (χ0n) is 21.4. The highest BCUT2D eigenvalue weighted by molar-refractivity contribution is 6.10. The first kappa shape index (κ1) is 27.6. The van der Waals surface area contributed by atoms with E-state index in [1.807, 2.05) is 5.92 Å². The summed E-state index contributed by atoms with van der Waals surface area (Å²) >= 11 is 0. The number of rotatable bonds is 8. The Balaban J connectivity index is 1.80. The van der Waals surface area contributed by atoms with Crippen molar-refractivity contribution in [2.45, 2.75) is 37.4 Å². The lowest BCUT2D eigenvalue weighted by Gasteiger charge is -2.41. The number of benzene rings is 2. The van der Waals surface area contributed by atoms with Crippen molar-refractivity contribution in [1.29, 1.82) is 0 Å². The molecule has 0 radical (unpaired) electrons. The predicted octanol–water partition coefficient (Wildman–Crippen LogP) is 4.14. The second-order valence-corrected chi connectivity index (χ2v) is 9.18. The van der Waals surface area contributed by atoms with Crippen LogP contribution in [0.15, 0.2) is 54.7 Å². The molecule has 39 heavy (non-hydrogen) atoms. The average Bonchev–Trinajstić information content (AvgIpc) is 3.57. The fourth-order valence-corrected chi connectivity index (χ4v) is 5.38. The van der Waals surface area contributed by atoms with Crippen molar-refractivity contribution in [3.63, 3.8) is 0 Å². The van der Waals surface area contributed by atoms with Gasteiger partial charge in [0.05, 0.1) is 25.5 Å². The predicted molar refractivity (Wildman–Crippen MR) is 137 cm³/mol. The molecule has 0 saturated heterocycles. The Bertz CT molecular complexity index is 1430. The van der Waals surface area contributed by atoms with Crippen molar-refractivity contribution in [3.05, 3.63) is 65.9 Å². The molecule has 1 fully saturated rings. The molecule has 2 unspecified atom stereocenters. The molecule has 2 N–H and O–H groups in total. The normalized spacial score (nSPS) is 18.8. The lowest BCUT2D eigenvalue weighted by molar-refractivity contribution is -0.137. The van der Waals surface area contributed by atoms with Gasteiger partial charge in [0.15, 0.2) is 5.82 Å². The van der Waals surface area contributed by atoms with Gasteiger partial charge in [-0.3, -0.25) is 14.5 Å². The van der Waals surface area contributed by atoms with E-state index in [9.17, 15) is 22.8 Å². The Morgan fingerprint density at radius 2 is 1.95 bits per heavy atom. The number of nitrogens with two attached hydrogens (primary N) is 1. The van der Waals surface area contributed by atoms with Crippen molar-refractivity contribution >= 4 is 17.6 Å². The molecule has 1 aliphatic carbocycles. The second-order valence-electron chi connectivity index (χ2n) is 9.18. The number of aromatic nitrogens is 2. The number of halogens is 3. The molecule has 4 rings (SSSR count). The summed E-state index contributed by atoms with van der Waals surface area (Å²) in [7, 11) is 3.03. The summed E-state index contributed by atoms with van der Waals surface area (Å²) in [6, 6.07) is 11.5. The monoisotopic (exact) mass is 540 g/mol. The number of hydrogen-bond donors (Lipinski definition) is 1. The van der Waals surface area contributed by atoms with Crippen LogP contribution in [0.2, 0.25) is 0 Å². The molecule has 204 valence electrons. The summed E-state index contributed by atoms with van der Waals surface area (Å²) < 4.78 is 52.7. The fraction of sp³-hybridized carbons (Fsp3) is 0.321. The largest absolute Gasteiger partial charge is 0.497 e. The molecule has 0 bridgehead atoms. The van der Waals surface area contributed by atoms with E-state index in [-0.39, 0.29) is 17.9 Å². The van der Waals surface area contributed by atoms with Gasteiger partial charge in [0.25, 0.3) is 0 Å². The van der Waals surface area contributed by atoms with E-state index >= 15 is 0 Å². The summed E-state index contributed by atoms with van der Waals surface area (Å²) in [6.45, 7) is 0. The van der Waals surface area contributed by atoms with Crippen molar-refractivity contribution in [1.82, 2.24) is 9.78 Å². The van der Waals surface area contributed by atoms with Crippen LogP contribution >= 0.6 is 0 Å². The number of alkyl halides is 3. The van der Waals surface area contributed by atoms with E-state index in [0.717, 1.165) is 21.2 Å². The third kappa shape index (κ3) is 5.02. The maximum absolute atomic E-state index is 13.7. The van der Waals surface area contributed by atoms with E-state index in [2.05, 4.69) is 5.10 Å². The fourth-order valence-electron chi connectivity index (χ4n) is 5.38. The number of nitrogens with zero attached hydrogens (tertiary/aromatic N) is 3. The van der Waals surface area contributed by atoms with Gasteiger partial charge in [-0.25, -0.2) is 4.68 Å². The first-order valence-electron chi connectivity index (χ1n) is 12.1. The molecule has 2 amide bonds. The van der Waals surface area contributed by atoms with E-state index in [1.54, 1.807) is 18.2 Å². The molecule has 0 spiro atoms. The van der Waals surface area contributed by atoms with Crippen LogP contribution in [0.25, 0.3) is 5.69 Å². The summed E-state index contributed by atoms with van der Waals surface area (Å²) in [5.41, 5.74) is 4.01. The molecule has 1 aliphatic rings. The molecule has 8 nitrogen and oxygen atoms in total. The molecule has 2 atom stereocenters. The first-order valence-corrected chi connectivity index (χ1v) is 12.1. The van der Waals surface area contributed by atoms with Gasteiger partial charge in [-0.15, -0.1) is 11.5 Å². The Hall–Kier alpha value is -4.46. The average molecular weight is 541 g/mol. The molecule has 0 aliphatic heterocycles. The summed E-state index contributed by atoms with van der Waals surface area (Å²) in [4.78, 5) is 27.5. The Morgan fingerprint density at radius 3 is 2.59 bits per heavy atom. The van der Waals surface area contributed by atoms with Gasteiger partial charge in [0, 0.05) is 18.3 Å². The highest BCUT2D eigenvalue weighted by atomic mass is 19.4. The van der Waals surface area contributed by atoms with Gasteiger partial charge in [0.2, 0.25) is 5.91 Å². The topological polar surface area (TPSA) is 99.7 Å². The first-order chi connectivity index (χ1) is 18.6. The van der Waals surface area contributed by atoms with Gasteiger partial charge >= 0.3 is 12.1 Å². The Morgan fingerprint density at radius 1 is 1.21 bits per heavy atom. The molecule has 1 heterocycles. The number of carbonyl (C=O) groups is 2. The van der Waals surface area contributed by atoms with Crippen molar-refractivity contribution in [2.75, 3.05) is 19.1 Å². The number of anilines is 1. The van der Waals surface area contributed by atoms with Crippen LogP contribution in [0.4, 0.5) is 19.0 Å². The molecule has 3 aromatic rings. The zero-order valence-corrected chi connectivity index (χ0v) is 21.4. The van der Waals surface area contributed by atoms with E-state index in [0.29, 0.717) is 30.8 Å². The van der Waals surface area contributed by atoms with Crippen LogP contribution < -0.4 is 20.1 Å². The highest BCUT2D eigenvalue weighted by Crippen LogP contribution is 2.45. The number of para-hydroxylation sites is 1. The lowest BCUT2D eigenvalue weighted by Crippen LogP contribution is -2.62. The SMILES string of the molecule is C#CC(=O)N(c1ccn(-c2ccccc2C(F)(F)F)n1)C1(C(N)=O)CCCC1Cc1ccc(OC)cc1OC. The molecule has 1 aromatic heterocycles. The number of methoxy groups -OCH3 is 2. The van der Waals surface area contributed by atoms with Crippen LogP contribution in [0.5, 0.6) is 11.5 Å². The number of carbonyl (C=O) groups excluding carboxylic acids is 2. The Kier molecular flexibility index (Phi) is 7.58. The van der Waals surface area contributed by atoms with Crippen molar-refractivity contribution in [3.8, 4) is 29.5 Å². The number of amides is 2. The smallest absolute Gasteiger partial charge is 0.418 e. The number of terminal acetylenes is 1. The van der Waals surface area contributed by atoms with Crippen LogP contribution in [-0.2, 0) is 22.2 Å². The Labute approximate surface area is 223 Å². The van der Waals surface area contributed by atoms with E-state index in [1.165, 1.54) is 44.7 Å². The quantitative estimate of drug-likeness (QED) is 0.433. The van der Waals surface area contributed by atoms with Crippen LogP contribution in [0, 0.1) is 18.3 Å². The van der Waals surface area contributed by atoms with Gasteiger partial charge in [-0.05, 0) is 54.9 Å². The maximum Gasteiger partial charge on any atom is 0.418 e. The number of ether oxygens (including phenoxy) is 2. The summed E-state index contributed by atoms with van der Waals surface area (Å²) in [5.74, 6) is 0.917. The number of hydrogen-bond acceptors (Lipinski definition) is 5. The van der Waals surface area contributed by atoms with Crippen LogP contribution in [0.3, 0.4) is 0 Å². The molecule has 2 aromatic carbocycles. The third-order valence-corrected chi connectivity index (χ3v) is 7.16. The summed E-state index contributed by atoms with van der Waals surface area (Å²) in [5, 5.41) is 4.27. The molecular formula is C28H27F3N4O4. The minimum absolute atomic E-state index is 0.0812. The standard InChI is InChI=1S/C28H27F3N4O4/c1-4-25(36)35(24-13-15-34(33-24)22-10-6-5-9-21(22)28(29,30)31)27(26(32)37)14-7-8-19(27)16-18-11-12-20(38-2)17-23(18)39-3/h1,5-6,9-13,15,17,19H,7-8,14,16H2,2-3H3,(H2,32,37). The third-order valence-electron chi connectivity index (χ3n) is 7.16. The molecule has 11 heteroatoms. The van der Waals surface area contributed by atoms with Gasteiger partial charge in [0.1, 0.15) is 17.0 Å². The minimum Gasteiger partial charge on any atom is -0.497 e. The second kappa shape index (κ2) is 10.7. The minimum atomic E-state index is -4.64. The van der Waals surface area contributed by atoms with Crippen molar-refractivity contribution < 1.29 is 32.2 Å². The highest BCUT2D eigenvalue weighted by Gasteiger charge is 2.55. The zero-order chi connectivity index (χ0) is 28.4. The molecular weight excluding hydrogens is 513 g/mol. The van der Waals surface area contributed by atoms with Crippen molar-refractivity contribution in [2.24, 2.45) is 11.7 Å². The van der Waals surface area contributed by atoms with Gasteiger partial charge in [-0.2, -0.15) is 13.2 Å².